The van der Waals surface area contributed by atoms with Gasteiger partial charge >= 0.3 is 0 Å². The number of aromatic nitrogens is 5. The molecule has 1 aliphatic heterocycles. The molecule has 3 heterocycles. The van der Waals surface area contributed by atoms with Gasteiger partial charge in [-0.1, -0.05) is 29.8 Å². The second-order valence-electron chi connectivity index (χ2n) is 5.95. The number of anilines is 1. The number of benzene rings is 2. The van der Waals surface area contributed by atoms with E-state index in [1.807, 2.05) is 33.5 Å². The normalized spacial score (nSPS) is 12.2. The zero-order valence-corrected chi connectivity index (χ0v) is 13.9. The minimum Gasteiger partial charge on any atom is -0.399 e. The van der Waals surface area contributed by atoms with E-state index in [-0.39, 0.29) is 0 Å². The number of imidazole rings is 1. The summed E-state index contributed by atoms with van der Waals surface area (Å²) in [5.74, 6) is 0.806. The Hall–Kier alpha value is -3.12. The third-order valence-electron chi connectivity index (χ3n) is 4.45. The first kappa shape index (κ1) is 14.2. The standard InChI is InChI=1S/C18H13ClN6/c19-17-16-8-25-18(21-9-23-25)14-7-12(11-2-1-3-13(20)6-11)4-5-15(14)24(16)10-22-17/h1-7,9-10H,8,20H2. The van der Waals surface area contributed by atoms with E-state index < -0.39 is 0 Å². The van der Waals surface area contributed by atoms with Gasteiger partial charge in [0.05, 0.1) is 17.9 Å². The molecule has 4 aromatic rings. The minimum atomic E-state index is 0.481. The average molecular weight is 349 g/mol. The minimum absolute atomic E-state index is 0.481. The predicted octanol–water partition coefficient (Wildman–Crippen LogP) is 3.40. The molecular weight excluding hydrogens is 336 g/mol. The molecule has 0 aliphatic carbocycles. The molecule has 2 aromatic carbocycles. The second-order valence-corrected chi connectivity index (χ2v) is 6.31. The highest BCUT2D eigenvalue weighted by Crippen LogP contribution is 2.35. The molecule has 122 valence electrons. The average Bonchev–Trinajstić information content (AvgIpc) is 3.20. The maximum Gasteiger partial charge on any atom is 0.160 e. The zero-order valence-electron chi connectivity index (χ0n) is 13.1. The van der Waals surface area contributed by atoms with Crippen LogP contribution in [-0.2, 0) is 6.54 Å². The van der Waals surface area contributed by atoms with Crippen molar-refractivity contribution in [2.45, 2.75) is 6.54 Å². The predicted molar refractivity (Wildman–Crippen MR) is 96.5 cm³/mol. The maximum absolute atomic E-state index is 6.27. The summed E-state index contributed by atoms with van der Waals surface area (Å²) < 4.78 is 3.84. The zero-order chi connectivity index (χ0) is 17.0. The van der Waals surface area contributed by atoms with Crippen molar-refractivity contribution < 1.29 is 0 Å². The van der Waals surface area contributed by atoms with Crippen molar-refractivity contribution in [2.24, 2.45) is 0 Å². The van der Waals surface area contributed by atoms with E-state index in [2.05, 4.69) is 33.3 Å². The maximum atomic E-state index is 6.27. The molecule has 0 amide bonds. The van der Waals surface area contributed by atoms with Crippen LogP contribution in [0.5, 0.6) is 0 Å². The van der Waals surface area contributed by atoms with E-state index in [1.165, 1.54) is 0 Å². The van der Waals surface area contributed by atoms with Crippen LogP contribution in [-0.4, -0.2) is 24.3 Å². The van der Waals surface area contributed by atoms with E-state index in [0.29, 0.717) is 11.7 Å². The van der Waals surface area contributed by atoms with Crippen LogP contribution in [0.4, 0.5) is 5.69 Å². The summed E-state index contributed by atoms with van der Waals surface area (Å²) in [4.78, 5) is 8.69. The van der Waals surface area contributed by atoms with Gasteiger partial charge in [-0.05, 0) is 35.4 Å². The SMILES string of the molecule is Nc1cccc(-c2ccc3c(c2)-c2ncnn2Cc2c(Cl)ncn2-3)c1. The van der Waals surface area contributed by atoms with Gasteiger partial charge in [-0.15, -0.1) is 0 Å². The van der Waals surface area contributed by atoms with Crippen LogP contribution in [0.1, 0.15) is 5.69 Å². The van der Waals surface area contributed by atoms with E-state index in [9.17, 15) is 0 Å². The van der Waals surface area contributed by atoms with Gasteiger partial charge in [0.15, 0.2) is 11.0 Å². The Kier molecular flexibility index (Phi) is 2.96. The lowest BCUT2D eigenvalue weighted by molar-refractivity contribution is 0.677. The third kappa shape index (κ3) is 2.15. The van der Waals surface area contributed by atoms with Gasteiger partial charge in [-0.3, -0.25) is 4.57 Å². The molecule has 0 spiro atoms. The summed E-state index contributed by atoms with van der Waals surface area (Å²) in [6.45, 7) is 0.524. The Labute approximate surface area is 148 Å². The van der Waals surface area contributed by atoms with E-state index in [0.717, 1.165) is 39.6 Å². The Bertz CT molecular complexity index is 1110. The molecule has 0 unspecified atom stereocenters. The number of halogens is 1. The first-order valence-corrected chi connectivity index (χ1v) is 8.19. The molecule has 0 saturated heterocycles. The van der Waals surface area contributed by atoms with Crippen molar-refractivity contribution in [3.05, 3.63) is 66.0 Å². The monoisotopic (exact) mass is 348 g/mol. The Morgan fingerprint density at radius 1 is 1.04 bits per heavy atom. The Balaban J connectivity index is 1.78. The fraction of sp³-hybridized carbons (Fsp3) is 0.0556. The lowest BCUT2D eigenvalue weighted by atomic mass is 10.0. The highest BCUT2D eigenvalue weighted by molar-refractivity contribution is 6.30. The van der Waals surface area contributed by atoms with Crippen LogP contribution in [0.15, 0.2) is 55.1 Å². The van der Waals surface area contributed by atoms with Gasteiger partial charge < -0.3 is 5.73 Å². The molecule has 0 fully saturated rings. The van der Waals surface area contributed by atoms with E-state index >= 15 is 0 Å². The Morgan fingerprint density at radius 3 is 2.80 bits per heavy atom. The molecule has 1 aliphatic rings. The van der Waals surface area contributed by atoms with Crippen LogP contribution in [0, 0.1) is 0 Å². The first-order valence-electron chi connectivity index (χ1n) is 7.81. The topological polar surface area (TPSA) is 74.6 Å². The fourth-order valence-corrected chi connectivity index (χ4v) is 3.45. The summed E-state index contributed by atoms with van der Waals surface area (Å²) in [7, 11) is 0. The van der Waals surface area contributed by atoms with Gasteiger partial charge in [0.2, 0.25) is 0 Å². The summed E-state index contributed by atoms with van der Waals surface area (Å²) in [5, 5.41) is 4.82. The molecule has 0 radical (unpaired) electrons. The van der Waals surface area contributed by atoms with Gasteiger partial charge in [-0.2, -0.15) is 5.10 Å². The van der Waals surface area contributed by atoms with E-state index in [1.54, 1.807) is 12.7 Å². The molecule has 25 heavy (non-hydrogen) atoms. The highest BCUT2D eigenvalue weighted by atomic mass is 35.5. The van der Waals surface area contributed by atoms with Crippen LogP contribution < -0.4 is 5.73 Å². The molecule has 2 aromatic heterocycles. The number of nitrogen functional groups attached to an aromatic ring is 1. The summed E-state index contributed by atoms with van der Waals surface area (Å²) in [6.07, 6.45) is 3.30. The molecule has 0 bridgehead atoms. The molecule has 6 nitrogen and oxygen atoms in total. The number of fused-ring (bicyclic) bond motifs is 5. The molecule has 0 saturated carbocycles. The lowest BCUT2D eigenvalue weighted by Gasteiger charge is -2.11. The number of rotatable bonds is 1. The molecule has 0 atom stereocenters. The van der Waals surface area contributed by atoms with Crippen molar-refractivity contribution in [2.75, 3.05) is 5.73 Å². The molecule has 7 heteroatoms. The van der Waals surface area contributed by atoms with Crippen molar-refractivity contribution in [3.63, 3.8) is 0 Å². The van der Waals surface area contributed by atoms with Gasteiger partial charge in [0.1, 0.15) is 12.7 Å². The summed E-state index contributed by atoms with van der Waals surface area (Å²) >= 11 is 6.27. The number of hydrogen-bond donors (Lipinski definition) is 1. The molecular formula is C18H13ClN6. The largest absolute Gasteiger partial charge is 0.399 e. The Morgan fingerprint density at radius 2 is 1.92 bits per heavy atom. The van der Waals surface area contributed by atoms with Crippen molar-refractivity contribution in [1.82, 2.24) is 24.3 Å². The van der Waals surface area contributed by atoms with Gasteiger partial charge in [0.25, 0.3) is 0 Å². The molecule has 5 rings (SSSR count). The third-order valence-corrected chi connectivity index (χ3v) is 4.76. The van der Waals surface area contributed by atoms with Crippen LogP contribution in [0.25, 0.3) is 28.2 Å². The smallest absolute Gasteiger partial charge is 0.160 e. The number of nitrogens with two attached hydrogens (primary N) is 1. The summed E-state index contributed by atoms with van der Waals surface area (Å²) in [6, 6.07) is 14.1. The van der Waals surface area contributed by atoms with Crippen LogP contribution in [0.3, 0.4) is 0 Å². The highest BCUT2D eigenvalue weighted by Gasteiger charge is 2.23. The quantitative estimate of drug-likeness (QED) is 0.471. The van der Waals surface area contributed by atoms with Crippen molar-refractivity contribution in [1.29, 1.82) is 0 Å². The van der Waals surface area contributed by atoms with Gasteiger partial charge in [-0.25, -0.2) is 14.6 Å². The lowest BCUT2D eigenvalue weighted by Crippen LogP contribution is -2.04. The van der Waals surface area contributed by atoms with E-state index in [4.69, 9.17) is 17.3 Å². The van der Waals surface area contributed by atoms with Crippen LogP contribution in [0.2, 0.25) is 5.15 Å². The van der Waals surface area contributed by atoms with Crippen molar-refractivity contribution >= 4 is 17.3 Å². The number of hydrogen-bond acceptors (Lipinski definition) is 4. The number of nitrogens with zero attached hydrogens (tertiary/aromatic N) is 5. The molecule has 2 N–H and O–H groups in total. The van der Waals surface area contributed by atoms with Crippen molar-refractivity contribution in [3.8, 4) is 28.2 Å². The second kappa shape index (κ2) is 5.19. The van der Waals surface area contributed by atoms with Crippen LogP contribution >= 0.6 is 11.6 Å². The first-order chi connectivity index (χ1) is 12.2. The van der Waals surface area contributed by atoms with Gasteiger partial charge in [0, 0.05) is 11.3 Å². The fourth-order valence-electron chi connectivity index (χ4n) is 3.25. The summed E-state index contributed by atoms with van der Waals surface area (Å²) in [5.41, 5.74) is 11.6.